The second kappa shape index (κ2) is 33.0. The minimum atomic E-state index is -0.500. The van der Waals surface area contributed by atoms with Crippen molar-refractivity contribution >= 4 is 76.8 Å². The number of nitrogens with one attached hydrogen (secondary N) is 12. The molecule has 26 nitrogen and oxygen atoms in total. The van der Waals surface area contributed by atoms with E-state index in [1.54, 1.807) is 0 Å². The third-order valence-corrected chi connectivity index (χ3v) is 26.3. The second-order valence-corrected chi connectivity index (χ2v) is 32.4. The number of amides is 13. The molecule has 100 heavy (non-hydrogen) atoms. The quantitative estimate of drug-likeness (QED) is 0.0662. The van der Waals surface area contributed by atoms with Crippen molar-refractivity contribution in [3.63, 3.8) is 0 Å². The van der Waals surface area contributed by atoms with Gasteiger partial charge in [0, 0.05) is 79.4 Å². The van der Waals surface area contributed by atoms with Crippen molar-refractivity contribution in [2.45, 2.75) is 311 Å². The Labute approximate surface area is 587 Å². The van der Waals surface area contributed by atoms with E-state index in [1.807, 2.05) is 0 Å². The zero-order chi connectivity index (χ0) is 70.3. The van der Waals surface area contributed by atoms with Crippen LogP contribution in [0.4, 0.5) is 0 Å². The molecule has 0 radical (unpaired) electrons. The van der Waals surface area contributed by atoms with Gasteiger partial charge in [0.15, 0.2) is 0 Å². The lowest BCUT2D eigenvalue weighted by atomic mass is 9.95. The van der Waals surface area contributed by atoms with E-state index >= 15 is 0 Å². The molecule has 0 saturated heterocycles. The van der Waals surface area contributed by atoms with Gasteiger partial charge in [0.05, 0.1) is 71.0 Å². The average molecular weight is 1390 g/mol. The molecule has 0 aromatic carbocycles. The zero-order valence-corrected chi connectivity index (χ0v) is 58.7. The fourth-order valence-electron chi connectivity index (χ4n) is 20.8. The summed E-state index contributed by atoms with van der Waals surface area (Å²) in [6, 6.07) is -4.39. The van der Waals surface area contributed by atoms with Crippen LogP contribution < -0.4 is 69.5 Å². The third kappa shape index (κ3) is 16.9. The molecule has 12 saturated carbocycles. The van der Waals surface area contributed by atoms with Crippen molar-refractivity contribution in [2.24, 2.45) is 76.7 Å². The maximum atomic E-state index is 14.2. The smallest absolute Gasteiger partial charge is 0.225 e. The van der Waals surface area contributed by atoms with Gasteiger partial charge in [-0.1, -0.05) is 77.0 Å². The summed E-state index contributed by atoms with van der Waals surface area (Å²) in [4.78, 5) is 178. The molecule has 0 aliphatic heterocycles. The van der Waals surface area contributed by atoms with Gasteiger partial charge in [-0.15, -0.1) is 0 Å². The van der Waals surface area contributed by atoms with Crippen molar-refractivity contribution in [1.29, 1.82) is 0 Å². The summed E-state index contributed by atoms with van der Waals surface area (Å²) in [6.45, 7) is 1.45. The van der Waals surface area contributed by atoms with Crippen molar-refractivity contribution in [3.8, 4) is 0 Å². The monoisotopic (exact) mass is 1390 g/mol. The molecule has 12 aliphatic carbocycles. The van der Waals surface area contributed by atoms with Crippen LogP contribution >= 0.6 is 0 Å². The Morgan fingerprint density at radius 3 is 0.410 bits per heavy atom. The zero-order valence-electron chi connectivity index (χ0n) is 58.7. The molecule has 26 heteroatoms. The Balaban J connectivity index is 0.566. The second-order valence-electron chi connectivity index (χ2n) is 32.4. The Hall–Kier alpha value is -6.89. The molecular formula is C74H113N13O13. The first-order chi connectivity index (χ1) is 48.3. The van der Waals surface area contributed by atoms with Crippen LogP contribution in [-0.2, 0) is 62.3 Å². The van der Waals surface area contributed by atoms with Crippen LogP contribution in [0.25, 0.3) is 0 Å². The van der Waals surface area contributed by atoms with Crippen LogP contribution in [0.15, 0.2) is 0 Å². The summed E-state index contributed by atoms with van der Waals surface area (Å²) in [7, 11) is 0. The minimum Gasteiger partial charge on any atom is -0.369 e. The number of carbonyl (C=O) groups is 13. The van der Waals surface area contributed by atoms with E-state index in [1.165, 1.54) is 6.92 Å². The maximum absolute atomic E-state index is 14.2. The largest absolute Gasteiger partial charge is 0.369 e. The molecule has 0 bridgehead atoms. The number of nitrogens with two attached hydrogens (primary N) is 1. The van der Waals surface area contributed by atoms with Gasteiger partial charge in [-0.25, -0.2) is 0 Å². The summed E-state index contributed by atoms with van der Waals surface area (Å²) < 4.78 is 0. The predicted octanol–water partition coefficient (Wildman–Crippen LogP) is 2.91. The molecule has 12 rings (SSSR count). The fourth-order valence-corrected chi connectivity index (χ4v) is 20.8. The Morgan fingerprint density at radius 1 is 0.180 bits per heavy atom. The average Bonchev–Trinajstić information content (AvgIpc) is 1.69. The van der Waals surface area contributed by atoms with Crippen LogP contribution in [0.1, 0.15) is 238 Å². The lowest BCUT2D eigenvalue weighted by Gasteiger charge is -2.29. The molecule has 14 N–H and O–H groups in total. The highest BCUT2D eigenvalue weighted by molar-refractivity contribution is 5.90. The Morgan fingerprint density at radius 2 is 0.290 bits per heavy atom. The molecule has 12 fully saturated rings. The normalized spacial score (nSPS) is 38.2. The highest BCUT2D eigenvalue weighted by Crippen LogP contribution is 2.39. The molecule has 0 heterocycles. The van der Waals surface area contributed by atoms with Gasteiger partial charge in [0.2, 0.25) is 76.8 Å². The van der Waals surface area contributed by atoms with Crippen LogP contribution in [0.5, 0.6) is 0 Å². The van der Waals surface area contributed by atoms with Gasteiger partial charge in [0.1, 0.15) is 0 Å². The van der Waals surface area contributed by atoms with E-state index in [0.717, 1.165) is 83.5 Å². The summed E-state index contributed by atoms with van der Waals surface area (Å²) >= 11 is 0. The minimum absolute atomic E-state index is 0.131. The molecule has 0 aromatic rings. The van der Waals surface area contributed by atoms with E-state index in [9.17, 15) is 62.3 Å². The van der Waals surface area contributed by atoms with E-state index in [4.69, 9.17) is 5.73 Å². The lowest BCUT2D eigenvalue weighted by Crippen LogP contribution is -2.54. The Bertz CT molecular complexity index is 3080. The maximum Gasteiger partial charge on any atom is 0.225 e. The third-order valence-electron chi connectivity index (χ3n) is 26.3. The summed E-state index contributed by atoms with van der Waals surface area (Å²) in [5.74, 6) is -7.98. The first-order valence-electron chi connectivity index (χ1n) is 39.2. The number of primary amides is 1. The van der Waals surface area contributed by atoms with Crippen LogP contribution in [-0.4, -0.2) is 149 Å². The van der Waals surface area contributed by atoms with E-state index < -0.39 is 101 Å². The first-order valence-corrected chi connectivity index (χ1v) is 39.2. The topological polar surface area (TPSA) is 392 Å². The molecular weight excluding hydrogens is 1280 g/mol. The number of hydrogen-bond acceptors (Lipinski definition) is 13. The molecule has 13 amide bonds. The van der Waals surface area contributed by atoms with Gasteiger partial charge >= 0.3 is 0 Å². The number of hydrogen-bond donors (Lipinski definition) is 13. The van der Waals surface area contributed by atoms with E-state index in [2.05, 4.69) is 63.8 Å². The van der Waals surface area contributed by atoms with Gasteiger partial charge in [0.25, 0.3) is 0 Å². The van der Waals surface area contributed by atoms with Crippen molar-refractivity contribution in [1.82, 2.24) is 63.8 Å². The lowest BCUT2D eigenvalue weighted by molar-refractivity contribution is -0.133. The highest BCUT2D eigenvalue weighted by atomic mass is 16.2. The first kappa shape index (κ1) is 72.9. The molecule has 12 aliphatic rings. The summed E-state index contributed by atoms with van der Waals surface area (Å²) in [5, 5.41) is 37.9. The Kier molecular flexibility index (Phi) is 24.1. The van der Waals surface area contributed by atoms with Crippen molar-refractivity contribution < 1.29 is 62.3 Å². The van der Waals surface area contributed by atoms with Crippen molar-refractivity contribution in [2.75, 3.05) is 0 Å². The van der Waals surface area contributed by atoms with E-state index in [-0.39, 0.29) is 119 Å². The van der Waals surface area contributed by atoms with Crippen LogP contribution in [0.3, 0.4) is 0 Å². The van der Waals surface area contributed by atoms with Crippen LogP contribution in [0, 0.1) is 71.0 Å². The molecule has 0 spiro atoms. The molecule has 552 valence electrons. The van der Waals surface area contributed by atoms with Crippen molar-refractivity contribution in [3.05, 3.63) is 0 Å². The molecule has 24 atom stereocenters. The standard InChI is InChI=1S/C74H113N13O13/c1-38(88)76-52-27-3-15-40(52)64(90)78-54-29-5-17-42(54)66(92)80-56-31-7-19-44(56)68(94)82-58-33-9-21-46(58)70(96)84-60-35-11-23-48(60)72(98)86-62-37-13-25-50(62)74(100)87-61-36-12-24-49(61)73(99)85-59-34-10-22-47(59)71(97)83-57-32-8-20-45(57)69(95)81-55-30-6-18-43(55)67(93)79-53-28-4-16-41(53)65(91)77-51-26-2-14-39(51)63(75)89/h39-62H,2-37H2,1H3,(H2,75,89)(H,76,88)(H,77,91)(H,78,90)(H,79,93)(H,80,92)(H,81,95)(H,82,94)(H,83,97)(H,84,96)(H,85,99)(H,86,98)(H,87,100)/t39-,40-,41-,42-,43-,44-,45-,46-,47-,48-,49-,50-,51-,52-,53-,54-,55-,56-,57-,58-,59-,60-,61-,62-/m1/s1. The fraction of sp³-hybridized carbons (Fsp3) is 0.824. The molecule has 0 unspecified atom stereocenters. The van der Waals surface area contributed by atoms with Gasteiger partial charge in [-0.2, -0.15) is 0 Å². The van der Waals surface area contributed by atoms with Gasteiger partial charge in [-0.05, 0) is 154 Å². The van der Waals surface area contributed by atoms with Gasteiger partial charge < -0.3 is 69.5 Å². The van der Waals surface area contributed by atoms with E-state index in [0.29, 0.717) is 148 Å². The number of carbonyl (C=O) groups excluding carboxylic acids is 13. The summed E-state index contributed by atoms with van der Waals surface area (Å²) in [6.07, 6.45) is 24.3. The van der Waals surface area contributed by atoms with Gasteiger partial charge in [-0.3, -0.25) is 62.3 Å². The number of rotatable bonds is 24. The predicted molar refractivity (Wildman–Crippen MR) is 366 cm³/mol. The highest BCUT2D eigenvalue weighted by Gasteiger charge is 2.49. The SMILES string of the molecule is CC(=O)N[C@@H]1CCC[C@H]1C(=O)N[C@@H]1CCC[C@H]1C(=O)N[C@@H]1CCC[C@H]1C(=O)N[C@@H]1CCC[C@H]1C(=O)N[C@@H]1CCC[C@H]1C(=O)N[C@@H]1CCC[C@H]1C(=O)N[C@@H]1CCC[C@H]1C(=O)N[C@@H]1CCC[C@H]1C(=O)N[C@@H]1CCC[C@H]1C(=O)N[C@@H]1CCC[C@H]1C(=O)N[C@@H]1CCC[C@H]1C(=O)N[C@@H]1CCC[C@H]1C(N)=O. The molecule has 0 aromatic heterocycles. The van der Waals surface area contributed by atoms with Crippen LogP contribution in [0.2, 0.25) is 0 Å². The summed E-state index contributed by atoms with van der Waals surface area (Å²) in [5.41, 5.74) is 5.62.